The fraction of sp³-hybridized carbons (Fsp3) is 0.0769. The Kier molecular flexibility index (Phi) is 2.96. The number of hydrogen-bond acceptors (Lipinski definition) is 2. The van der Waals surface area contributed by atoms with E-state index < -0.39 is 0 Å². The van der Waals surface area contributed by atoms with Crippen molar-refractivity contribution in [1.29, 1.82) is 0 Å². The van der Waals surface area contributed by atoms with Crippen LogP contribution >= 0.6 is 0 Å². The second kappa shape index (κ2) is 4.57. The van der Waals surface area contributed by atoms with Gasteiger partial charge in [0, 0.05) is 18.1 Å². The van der Waals surface area contributed by atoms with E-state index in [0.29, 0.717) is 6.54 Å². The first-order valence-electron chi connectivity index (χ1n) is 5.03. The van der Waals surface area contributed by atoms with Gasteiger partial charge in [0.2, 0.25) is 5.91 Å². The van der Waals surface area contributed by atoms with E-state index >= 15 is 0 Å². The third-order valence-electron chi connectivity index (χ3n) is 2.30. The van der Waals surface area contributed by atoms with Crippen molar-refractivity contribution >= 4 is 16.8 Å². The maximum absolute atomic E-state index is 11.0. The van der Waals surface area contributed by atoms with E-state index in [1.165, 1.54) is 6.08 Å². The summed E-state index contributed by atoms with van der Waals surface area (Å²) in [6.07, 6.45) is 3.03. The van der Waals surface area contributed by atoms with Crippen molar-refractivity contribution in [1.82, 2.24) is 10.3 Å². The highest BCUT2D eigenvalue weighted by molar-refractivity contribution is 5.86. The summed E-state index contributed by atoms with van der Waals surface area (Å²) in [5.41, 5.74) is 1.94. The number of hydrogen-bond donors (Lipinski definition) is 1. The molecule has 0 fully saturated rings. The lowest BCUT2D eigenvalue weighted by molar-refractivity contribution is -0.116. The molecular weight excluding hydrogens is 200 g/mol. The minimum atomic E-state index is -0.173. The molecule has 3 heteroatoms. The number of carbonyl (C=O) groups excluding carboxylic acids is 1. The number of rotatable bonds is 3. The van der Waals surface area contributed by atoms with E-state index in [1.807, 2.05) is 30.3 Å². The standard InChI is InChI=1S/C13H12N2O/c1-2-13(16)15-9-10-7-11-5-3-4-6-12(11)14-8-10/h2-8H,1,9H2,(H,15,16). The van der Waals surface area contributed by atoms with Crippen LogP contribution in [0.1, 0.15) is 5.56 Å². The Balaban J connectivity index is 2.19. The lowest BCUT2D eigenvalue weighted by Gasteiger charge is -2.03. The van der Waals surface area contributed by atoms with E-state index in [9.17, 15) is 4.79 Å². The molecule has 0 unspecified atom stereocenters. The molecule has 1 heterocycles. The molecule has 1 amide bonds. The predicted molar refractivity (Wildman–Crippen MR) is 63.8 cm³/mol. The molecule has 3 nitrogen and oxygen atoms in total. The number of nitrogens with zero attached hydrogens (tertiary/aromatic N) is 1. The molecule has 0 radical (unpaired) electrons. The van der Waals surface area contributed by atoms with Gasteiger partial charge in [-0.05, 0) is 23.8 Å². The Labute approximate surface area is 93.8 Å². The van der Waals surface area contributed by atoms with E-state index in [4.69, 9.17) is 0 Å². The average Bonchev–Trinajstić information content (AvgIpc) is 2.35. The van der Waals surface area contributed by atoms with Gasteiger partial charge in [-0.1, -0.05) is 24.8 Å². The number of fused-ring (bicyclic) bond motifs is 1. The molecule has 0 atom stereocenters. The maximum Gasteiger partial charge on any atom is 0.243 e. The van der Waals surface area contributed by atoms with Crippen molar-refractivity contribution in [2.45, 2.75) is 6.54 Å². The summed E-state index contributed by atoms with van der Waals surface area (Å²) in [4.78, 5) is 15.3. The zero-order valence-corrected chi connectivity index (χ0v) is 8.81. The molecule has 0 spiro atoms. The molecule has 2 aromatic rings. The quantitative estimate of drug-likeness (QED) is 0.791. The molecule has 80 valence electrons. The number of nitrogens with one attached hydrogen (secondary N) is 1. The highest BCUT2D eigenvalue weighted by Gasteiger charge is 1.98. The van der Waals surface area contributed by atoms with Gasteiger partial charge in [0.15, 0.2) is 0 Å². The van der Waals surface area contributed by atoms with Gasteiger partial charge in [-0.2, -0.15) is 0 Å². The van der Waals surface area contributed by atoms with E-state index in [2.05, 4.69) is 16.9 Å². The number of amides is 1. The number of aromatic nitrogens is 1. The second-order valence-corrected chi connectivity index (χ2v) is 3.46. The first-order valence-corrected chi connectivity index (χ1v) is 5.03. The van der Waals surface area contributed by atoms with Crippen LogP contribution in [0.4, 0.5) is 0 Å². The van der Waals surface area contributed by atoms with Crippen LogP contribution in [0, 0.1) is 0 Å². The first-order chi connectivity index (χ1) is 7.79. The van der Waals surface area contributed by atoms with Crippen LogP contribution in [0.2, 0.25) is 0 Å². The van der Waals surface area contributed by atoms with Gasteiger partial charge in [0.25, 0.3) is 0 Å². The third-order valence-corrected chi connectivity index (χ3v) is 2.30. The van der Waals surface area contributed by atoms with E-state index in [1.54, 1.807) is 6.20 Å². The van der Waals surface area contributed by atoms with Gasteiger partial charge in [-0.25, -0.2) is 0 Å². The molecule has 1 aromatic heterocycles. The zero-order valence-electron chi connectivity index (χ0n) is 8.81. The van der Waals surface area contributed by atoms with Crippen LogP contribution in [0.5, 0.6) is 0 Å². The fourth-order valence-electron chi connectivity index (χ4n) is 1.47. The highest BCUT2D eigenvalue weighted by atomic mass is 16.1. The largest absolute Gasteiger partial charge is 0.348 e. The molecule has 0 saturated heterocycles. The summed E-state index contributed by atoms with van der Waals surface area (Å²) >= 11 is 0. The smallest absolute Gasteiger partial charge is 0.243 e. The van der Waals surface area contributed by atoms with Crippen molar-refractivity contribution in [3.63, 3.8) is 0 Å². The lowest BCUT2D eigenvalue weighted by atomic mass is 10.1. The molecule has 1 N–H and O–H groups in total. The van der Waals surface area contributed by atoms with Gasteiger partial charge in [0.05, 0.1) is 5.52 Å². The summed E-state index contributed by atoms with van der Waals surface area (Å²) in [6, 6.07) is 9.90. The lowest BCUT2D eigenvalue weighted by Crippen LogP contribution is -2.19. The molecule has 0 aliphatic rings. The number of carbonyl (C=O) groups is 1. The normalized spacial score (nSPS) is 10.0. The van der Waals surface area contributed by atoms with Crippen LogP contribution in [-0.4, -0.2) is 10.9 Å². The Bertz CT molecular complexity index is 534. The monoisotopic (exact) mass is 212 g/mol. The molecule has 2 rings (SSSR count). The summed E-state index contributed by atoms with van der Waals surface area (Å²) in [5, 5.41) is 3.79. The fourth-order valence-corrected chi connectivity index (χ4v) is 1.47. The third kappa shape index (κ3) is 2.25. The minimum absolute atomic E-state index is 0.173. The minimum Gasteiger partial charge on any atom is -0.348 e. The van der Waals surface area contributed by atoms with Crippen molar-refractivity contribution in [2.75, 3.05) is 0 Å². The topological polar surface area (TPSA) is 42.0 Å². The summed E-state index contributed by atoms with van der Waals surface area (Å²) in [6.45, 7) is 3.87. The molecular formula is C13H12N2O. The van der Waals surface area contributed by atoms with Crippen LogP contribution < -0.4 is 5.32 Å². The van der Waals surface area contributed by atoms with Crippen molar-refractivity contribution in [3.8, 4) is 0 Å². The summed E-state index contributed by atoms with van der Waals surface area (Å²) < 4.78 is 0. The predicted octanol–water partition coefficient (Wildman–Crippen LogP) is 2.04. The maximum atomic E-state index is 11.0. The van der Waals surface area contributed by atoms with Crippen LogP contribution in [0.25, 0.3) is 10.9 Å². The van der Waals surface area contributed by atoms with Gasteiger partial charge in [-0.15, -0.1) is 0 Å². The Morgan fingerprint density at radius 1 is 1.44 bits per heavy atom. The van der Waals surface area contributed by atoms with Gasteiger partial charge in [-0.3, -0.25) is 9.78 Å². The van der Waals surface area contributed by atoms with Gasteiger partial charge in [0.1, 0.15) is 0 Å². The SMILES string of the molecule is C=CC(=O)NCc1cnc2ccccc2c1. The van der Waals surface area contributed by atoms with Crippen molar-refractivity contribution in [3.05, 3.63) is 54.7 Å². The van der Waals surface area contributed by atoms with Crippen LogP contribution in [0.15, 0.2) is 49.2 Å². The molecule has 1 aromatic carbocycles. The first kappa shape index (κ1) is 10.4. The molecule has 0 aliphatic heterocycles. The van der Waals surface area contributed by atoms with Crippen molar-refractivity contribution in [2.24, 2.45) is 0 Å². The van der Waals surface area contributed by atoms with E-state index in [-0.39, 0.29) is 5.91 Å². The number of para-hydroxylation sites is 1. The van der Waals surface area contributed by atoms with Crippen LogP contribution in [-0.2, 0) is 11.3 Å². The number of pyridine rings is 1. The summed E-state index contributed by atoms with van der Waals surface area (Å²) in [5.74, 6) is -0.173. The molecule has 0 aliphatic carbocycles. The Hall–Kier alpha value is -2.16. The molecule has 16 heavy (non-hydrogen) atoms. The van der Waals surface area contributed by atoms with Crippen LogP contribution in [0.3, 0.4) is 0 Å². The average molecular weight is 212 g/mol. The van der Waals surface area contributed by atoms with Gasteiger partial charge < -0.3 is 5.32 Å². The Morgan fingerprint density at radius 3 is 3.06 bits per heavy atom. The second-order valence-electron chi connectivity index (χ2n) is 3.46. The molecule has 0 bridgehead atoms. The highest BCUT2D eigenvalue weighted by Crippen LogP contribution is 2.12. The van der Waals surface area contributed by atoms with Gasteiger partial charge >= 0.3 is 0 Å². The van der Waals surface area contributed by atoms with Crippen molar-refractivity contribution < 1.29 is 4.79 Å². The zero-order chi connectivity index (χ0) is 11.4. The van der Waals surface area contributed by atoms with E-state index in [0.717, 1.165) is 16.5 Å². The summed E-state index contributed by atoms with van der Waals surface area (Å²) in [7, 11) is 0. The number of benzene rings is 1. The molecule has 0 saturated carbocycles. The Morgan fingerprint density at radius 2 is 2.25 bits per heavy atom.